The summed E-state index contributed by atoms with van der Waals surface area (Å²) in [7, 11) is -3.52. The molecule has 1 amide bonds. The first-order valence-electron chi connectivity index (χ1n) is 7.98. The molecular weight excluding hydrogens is 326 g/mol. The van der Waals surface area contributed by atoms with Crippen molar-refractivity contribution in [3.63, 3.8) is 0 Å². The monoisotopic (exact) mass is 347 g/mol. The zero-order valence-corrected chi connectivity index (χ0v) is 14.4. The molecule has 3 rings (SSSR count). The molecule has 6 nitrogen and oxygen atoms in total. The Bertz CT molecular complexity index is 815. The number of aromatic amines is 1. The van der Waals surface area contributed by atoms with Crippen molar-refractivity contribution in [2.24, 2.45) is 0 Å². The summed E-state index contributed by atoms with van der Waals surface area (Å²) in [5.41, 5.74) is 1.44. The highest BCUT2D eigenvalue weighted by Crippen LogP contribution is 2.19. The molecule has 1 fully saturated rings. The minimum Gasteiger partial charge on any atom is -0.357 e. The molecule has 1 aromatic heterocycles. The summed E-state index contributed by atoms with van der Waals surface area (Å²) in [6.45, 7) is 3.55. The van der Waals surface area contributed by atoms with Crippen molar-refractivity contribution in [3.8, 4) is 0 Å². The summed E-state index contributed by atoms with van der Waals surface area (Å²) in [4.78, 5) is 17.3. The first-order chi connectivity index (χ1) is 11.5. The standard InChI is InChI=1S/C17H21N3O3S/c1-14-5-2-6-15(13-14)24(22,23)20-10-4-9-19(11-12-20)17(21)16-7-3-8-18-16/h2-3,5-8,13,18H,4,9-12H2,1H3. The van der Waals surface area contributed by atoms with Crippen LogP contribution < -0.4 is 0 Å². The van der Waals surface area contributed by atoms with Crippen LogP contribution in [0.15, 0.2) is 47.5 Å². The van der Waals surface area contributed by atoms with Gasteiger partial charge in [-0.05, 0) is 43.2 Å². The molecule has 0 atom stereocenters. The predicted octanol–water partition coefficient (Wildman–Crippen LogP) is 1.86. The van der Waals surface area contributed by atoms with Crippen LogP contribution in [0.2, 0.25) is 0 Å². The Morgan fingerprint density at radius 2 is 1.92 bits per heavy atom. The van der Waals surface area contributed by atoms with Crippen LogP contribution in [0.3, 0.4) is 0 Å². The third-order valence-corrected chi connectivity index (χ3v) is 6.09. The number of hydrogen-bond acceptors (Lipinski definition) is 3. The molecule has 1 saturated heterocycles. The van der Waals surface area contributed by atoms with Gasteiger partial charge < -0.3 is 9.88 Å². The van der Waals surface area contributed by atoms with Gasteiger partial charge in [-0.2, -0.15) is 4.31 Å². The molecule has 24 heavy (non-hydrogen) atoms. The van der Waals surface area contributed by atoms with Crippen molar-refractivity contribution in [2.45, 2.75) is 18.2 Å². The van der Waals surface area contributed by atoms with Crippen LogP contribution >= 0.6 is 0 Å². The number of sulfonamides is 1. The molecule has 0 unspecified atom stereocenters. The van der Waals surface area contributed by atoms with Crippen LogP contribution in [0.1, 0.15) is 22.5 Å². The van der Waals surface area contributed by atoms with Gasteiger partial charge in [-0.15, -0.1) is 0 Å². The van der Waals surface area contributed by atoms with E-state index in [1.807, 2.05) is 13.0 Å². The Morgan fingerprint density at radius 3 is 2.62 bits per heavy atom. The summed E-state index contributed by atoms with van der Waals surface area (Å²) in [5.74, 6) is -0.0881. The topological polar surface area (TPSA) is 73.5 Å². The van der Waals surface area contributed by atoms with Gasteiger partial charge in [0.1, 0.15) is 5.69 Å². The van der Waals surface area contributed by atoms with Gasteiger partial charge in [0.25, 0.3) is 5.91 Å². The molecule has 0 radical (unpaired) electrons. The van der Waals surface area contributed by atoms with E-state index in [0.717, 1.165) is 5.56 Å². The molecule has 0 bridgehead atoms. The quantitative estimate of drug-likeness (QED) is 0.921. The number of amides is 1. The number of carbonyl (C=O) groups is 1. The highest BCUT2D eigenvalue weighted by molar-refractivity contribution is 7.89. The molecule has 0 aliphatic carbocycles. The maximum absolute atomic E-state index is 12.8. The maximum Gasteiger partial charge on any atom is 0.270 e. The smallest absolute Gasteiger partial charge is 0.270 e. The van der Waals surface area contributed by atoms with Gasteiger partial charge in [-0.3, -0.25) is 4.79 Å². The number of hydrogen-bond donors (Lipinski definition) is 1. The molecule has 0 spiro atoms. The number of nitrogens with zero attached hydrogens (tertiary/aromatic N) is 2. The van der Waals surface area contributed by atoms with Crippen molar-refractivity contribution >= 4 is 15.9 Å². The Morgan fingerprint density at radius 1 is 1.08 bits per heavy atom. The first kappa shape index (κ1) is 16.7. The Kier molecular flexibility index (Phi) is 4.73. The van der Waals surface area contributed by atoms with E-state index in [1.54, 1.807) is 41.4 Å². The van der Waals surface area contributed by atoms with Crippen molar-refractivity contribution in [2.75, 3.05) is 26.2 Å². The Balaban J connectivity index is 1.74. The van der Waals surface area contributed by atoms with Crippen LogP contribution in [-0.2, 0) is 10.0 Å². The number of nitrogens with one attached hydrogen (secondary N) is 1. The second kappa shape index (κ2) is 6.78. The maximum atomic E-state index is 12.8. The fraction of sp³-hybridized carbons (Fsp3) is 0.353. The van der Waals surface area contributed by atoms with Crippen LogP contribution in [0.25, 0.3) is 0 Å². The number of benzene rings is 1. The largest absolute Gasteiger partial charge is 0.357 e. The molecule has 1 N–H and O–H groups in total. The molecule has 1 aliphatic heterocycles. The van der Waals surface area contributed by atoms with Crippen LogP contribution in [0.5, 0.6) is 0 Å². The third kappa shape index (κ3) is 3.37. The summed E-state index contributed by atoms with van der Waals surface area (Å²) in [6, 6.07) is 10.4. The molecule has 2 heterocycles. The molecule has 0 saturated carbocycles. The zero-order chi connectivity index (χ0) is 17.2. The molecule has 128 valence electrons. The first-order valence-corrected chi connectivity index (χ1v) is 9.42. The van der Waals surface area contributed by atoms with Crippen molar-refractivity contribution in [1.29, 1.82) is 0 Å². The second-order valence-corrected chi connectivity index (χ2v) is 7.89. The van der Waals surface area contributed by atoms with Gasteiger partial charge in [0.15, 0.2) is 0 Å². The predicted molar refractivity (Wildman–Crippen MR) is 91.3 cm³/mol. The summed E-state index contributed by atoms with van der Waals surface area (Å²) < 4.78 is 27.1. The van der Waals surface area contributed by atoms with E-state index in [1.165, 1.54) is 4.31 Å². The number of rotatable bonds is 3. The highest BCUT2D eigenvalue weighted by Gasteiger charge is 2.28. The van der Waals surface area contributed by atoms with Crippen molar-refractivity contribution < 1.29 is 13.2 Å². The van der Waals surface area contributed by atoms with Crippen molar-refractivity contribution in [3.05, 3.63) is 53.9 Å². The van der Waals surface area contributed by atoms with Crippen LogP contribution in [0, 0.1) is 6.92 Å². The van der Waals surface area contributed by atoms with E-state index in [0.29, 0.717) is 43.2 Å². The Labute approximate surface area is 142 Å². The third-order valence-electron chi connectivity index (χ3n) is 4.20. The normalized spacial score (nSPS) is 16.8. The second-order valence-electron chi connectivity index (χ2n) is 5.95. The molecule has 2 aromatic rings. The molecule has 1 aliphatic rings. The van der Waals surface area contributed by atoms with E-state index in [2.05, 4.69) is 4.98 Å². The fourth-order valence-corrected chi connectivity index (χ4v) is 4.47. The SMILES string of the molecule is Cc1cccc(S(=O)(=O)N2CCCN(C(=O)c3ccc[nH]3)CC2)c1. The average Bonchev–Trinajstić information content (AvgIpc) is 2.98. The van der Waals surface area contributed by atoms with E-state index in [4.69, 9.17) is 0 Å². The van der Waals surface area contributed by atoms with E-state index in [9.17, 15) is 13.2 Å². The number of aromatic nitrogens is 1. The summed E-state index contributed by atoms with van der Waals surface area (Å²) in [6.07, 6.45) is 2.33. The zero-order valence-electron chi connectivity index (χ0n) is 13.6. The van der Waals surface area contributed by atoms with E-state index < -0.39 is 10.0 Å². The molecule has 1 aromatic carbocycles. The highest BCUT2D eigenvalue weighted by atomic mass is 32.2. The van der Waals surface area contributed by atoms with Crippen LogP contribution in [0.4, 0.5) is 0 Å². The van der Waals surface area contributed by atoms with Gasteiger partial charge in [0.2, 0.25) is 10.0 Å². The van der Waals surface area contributed by atoms with Gasteiger partial charge in [-0.25, -0.2) is 8.42 Å². The lowest BCUT2D eigenvalue weighted by Crippen LogP contribution is -2.37. The van der Waals surface area contributed by atoms with Crippen LogP contribution in [-0.4, -0.2) is 54.7 Å². The van der Waals surface area contributed by atoms with E-state index >= 15 is 0 Å². The van der Waals surface area contributed by atoms with Gasteiger partial charge >= 0.3 is 0 Å². The fourth-order valence-electron chi connectivity index (χ4n) is 2.90. The van der Waals surface area contributed by atoms with E-state index in [-0.39, 0.29) is 5.91 Å². The van der Waals surface area contributed by atoms with Gasteiger partial charge in [-0.1, -0.05) is 12.1 Å². The summed E-state index contributed by atoms with van der Waals surface area (Å²) in [5, 5.41) is 0. The number of carbonyl (C=O) groups excluding carboxylic acids is 1. The van der Waals surface area contributed by atoms with Gasteiger partial charge in [0, 0.05) is 32.4 Å². The van der Waals surface area contributed by atoms with Crippen molar-refractivity contribution in [1.82, 2.24) is 14.2 Å². The summed E-state index contributed by atoms with van der Waals surface area (Å²) >= 11 is 0. The van der Waals surface area contributed by atoms with Gasteiger partial charge in [0.05, 0.1) is 4.90 Å². The minimum absolute atomic E-state index is 0.0881. The molecule has 7 heteroatoms. The molecular formula is C17H21N3O3S. The minimum atomic E-state index is -3.52. The number of H-pyrrole nitrogens is 1. The average molecular weight is 347 g/mol. The lowest BCUT2D eigenvalue weighted by molar-refractivity contribution is 0.0759. The number of aryl methyl sites for hydroxylation is 1. The lowest BCUT2D eigenvalue weighted by Gasteiger charge is -2.21. The Hall–Kier alpha value is -2.12. The lowest BCUT2D eigenvalue weighted by atomic mass is 10.2.